The van der Waals surface area contributed by atoms with Crippen molar-refractivity contribution in [3.63, 3.8) is 0 Å². The van der Waals surface area contributed by atoms with Crippen molar-refractivity contribution in [3.05, 3.63) is 21.9 Å². The van der Waals surface area contributed by atoms with E-state index in [4.69, 9.17) is 0 Å². The third kappa shape index (κ3) is 3.47. The maximum absolute atomic E-state index is 11.6. The van der Waals surface area contributed by atoms with Gasteiger partial charge in [0.15, 0.2) is 0 Å². The number of carbonyl (C=O) groups excluding carboxylic acids is 1. The first-order valence-corrected chi connectivity index (χ1v) is 8.71. The molecule has 3 heterocycles. The minimum atomic E-state index is -0.436. The quantitative estimate of drug-likeness (QED) is 0.907. The number of aliphatic hydroxyl groups is 1. The van der Waals surface area contributed by atoms with E-state index in [2.05, 4.69) is 24.0 Å². The molecule has 2 fully saturated rings. The van der Waals surface area contributed by atoms with Gasteiger partial charge in [-0.15, -0.1) is 11.3 Å². The van der Waals surface area contributed by atoms with E-state index < -0.39 is 6.10 Å². The number of β-amino-alcohol motifs (C(OH)–C–C–N with tert-alkyl or cyclic N) is 1. The van der Waals surface area contributed by atoms with Crippen molar-refractivity contribution < 1.29 is 9.90 Å². The van der Waals surface area contributed by atoms with Crippen molar-refractivity contribution in [1.82, 2.24) is 9.80 Å². The molecule has 0 saturated carbocycles. The smallest absolute Gasteiger partial charge is 0.222 e. The van der Waals surface area contributed by atoms with Crippen LogP contribution < -0.4 is 0 Å². The highest BCUT2D eigenvalue weighted by atomic mass is 32.1. The van der Waals surface area contributed by atoms with Crippen LogP contribution in [0.4, 0.5) is 0 Å². The molecule has 2 aliphatic heterocycles. The summed E-state index contributed by atoms with van der Waals surface area (Å²) in [4.78, 5) is 18.6. The van der Waals surface area contributed by atoms with Crippen molar-refractivity contribution in [1.29, 1.82) is 0 Å². The van der Waals surface area contributed by atoms with Gasteiger partial charge in [-0.2, -0.15) is 0 Å². The highest BCUT2D eigenvalue weighted by Crippen LogP contribution is 2.35. The summed E-state index contributed by atoms with van der Waals surface area (Å²) in [5.41, 5.74) is 0. The van der Waals surface area contributed by atoms with E-state index in [1.165, 1.54) is 22.6 Å². The number of rotatable bonds is 5. The molecule has 21 heavy (non-hydrogen) atoms. The summed E-state index contributed by atoms with van der Waals surface area (Å²) in [6.45, 7) is 5.16. The van der Waals surface area contributed by atoms with Gasteiger partial charge in [-0.25, -0.2) is 0 Å². The summed E-state index contributed by atoms with van der Waals surface area (Å²) >= 11 is 1.86. The number of hydrogen-bond donors (Lipinski definition) is 1. The van der Waals surface area contributed by atoms with Crippen LogP contribution in [-0.2, 0) is 4.79 Å². The lowest BCUT2D eigenvalue weighted by atomic mass is 10.1. The third-order valence-corrected chi connectivity index (χ3v) is 5.60. The number of hydrogen-bond acceptors (Lipinski definition) is 4. The molecule has 5 heteroatoms. The fraction of sp³-hybridized carbons (Fsp3) is 0.688. The number of carbonyl (C=O) groups is 1. The zero-order valence-electron chi connectivity index (χ0n) is 12.6. The van der Waals surface area contributed by atoms with Gasteiger partial charge in [0.1, 0.15) is 0 Å². The Bertz CT molecular complexity index is 502. The third-order valence-electron chi connectivity index (χ3n) is 4.50. The van der Waals surface area contributed by atoms with Gasteiger partial charge >= 0.3 is 0 Å². The Morgan fingerprint density at radius 3 is 2.86 bits per heavy atom. The molecule has 2 aliphatic rings. The molecule has 0 aliphatic carbocycles. The zero-order valence-corrected chi connectivity index (χ0v) is 13.4. The molecule has 1 N–H and O–H groups in total. The van der Waals surface area contributed by atoms with Crippen molar-refractivity contribution in [2.45, 2.75) is 44.8 Å². The average Bonchev–Trinajstić information content (AvgIpc) is 3.13. The van der Waals surface area contributed by atoms with Crippen LogP contribution >= 0.6 is 11.3 Å². The predicted molar refractivity (Wildman–Crippen MR) is 84.4 cm³/mol. The molecule has 2 unspecified atom stereocenters. The summed E-state index contributed by atoms with van der Waals surface area (Å²) in [6, 6.07) is 4.85. The minimum absolute atomic E-state index is 0.195. The van der Waals surface area contributed by atoms with E-state index in [1.807, 2.05) is 16.2 Å². The number of aryl methyl sites for hydroxylation is 1. The number of likely N-dealkylation sites (tertiary alicyclic amines) is 2. The largest absolute Gasteiger partial charge is 0.390 e. The molecule has 116 valence electrons. The van der Waals surface area contributed by atoms with Gasteiger partial charge < -0.3 is 10.0 Å². The Hall–Kier alpha value is -0.910. The average molecular weight is 308 g/mol. The molecule has 2 atom stereocenters. The van der Waals surface area contributed by atoms with Crippen LogP contribution in [0.2, 0.25) is 0 Å². The van der Waals surface area contributed by atoms with Crippen LogP contribution in [0.3, 0.4) is 0 Å². The predicted octanol–water partition coefficient (Wildman–Crippen LogP) is 2.18. The highest BCUT2D eigenvalue weighted by Gasteiger charge is 2.30. The van der Waals surface area contributed by atoms with E-state index in [0.717, 1.165) is 19.5 Å². The molecule has 0 radical (unpaired) electrons. The first-order valence-electron chi connectivity index (χ1n) is 7.89. The summed E-state index contributed by atoms with van der Waals surface area (Å²) in [6.07, 6.45) is 3.51. The van der Waals surface area contributed by atoms with Crippen molar-refractivity contribution >= 4 is 17.2 Å². The molecule has 4 nitrogen and oxygen atoms in total. The summed E-state index contributed by atoms with van der Waals surface area (Å²) < 4.78 is 0. The molecule has 1 aromatic rings. The lowest BCUT2D eigenvalue weighted by Crippen LogP contribution is -2.40. The van der Waals surface area contributed by atoms with Gasteiger partial charge in [-0.05, 0) is 44.9 Å². The van der Waals surface area contributed by atoms with E-state index in [-0.39, 0.29) is 5.91 Å². The monoisotopic (exact) mass is 308 g/mol. The number of amides is 1. The Balaban J connectivity index is 1.57. The molecule has 1 amide bonds. The van der Waals surface area contributed by atoms with Crippen molar-refractivity contribution in [3.8, 4) is 0 Å². The number of nitrogens with zero attached hydrogens (tertiary/aromatic N) is 2. The van der Waals surface area contributed by atoms with E-state index in [9.17, 15) is 9.90 Å². The Morgan fingerprint density at radius 2 is 2.19 bits per heavy atom. The molecule has 0 spiro atoms. The maximum Gasteiger partial charge on any atom is 0.222 e. The zero-order chi connectivity index (χ0) is 14.8. The van der Waals surface area contributed by atoms with Crippen molar-refractivity contribution in [2.75, 3.05) is 26.2 Å². The fourth-order valence-corrected chi connectivity index (χ4v) is 4.53. The molecular formula is C16H24N2O2S. The summed E-state index contributed by atoms with van der Waals surface area (Å²) in [7, 11) is 0. The van der Waals surface area contributed by atoms with Crippen LogP contribution in [0.15, 0.2) is 12.1 Å². The standard InChI is InChI=1S/C16H24N2O2S/c1-12-6-7-15(21-12)14-4-2-8-17(14)10-13(19)11-18-9-3-5-16(18)20/h6-7,13-14,19H,2-5,8-11H2,1H3. The Morgan fingerprint density at radius 1 is 1.33 bits per heavy atom. The molecule has 1 aromatic heterocycles. The maximum atomic E-state index is 11.6. The van der Waals surface area contributed by atoms with E-state index in [0.29, 0.717) is 25.6 Å². The lowest BCUT2D eigenvalue weighted by molar-refractivity contribution is -0.129. The van der Waals surface area contributed by atoms with Gasteiger partial charge in [0.25, 0.3) is 0 Å². The van der Waals surface area contributed by atoms with Crippen LogP contribution in [0.5, 0.6) is 0 Å². The molecular weight excluding hydrogens is 284 g/mol. The minimum Gasteiger partial charge on any atom is -0.390 e. The van der Waals surface area contributed by atoms with Gasteiger partial charge in [0.05, 0.1) is 6.10 Å². The second kappa shape index (κ2) is 6.46. The fourth-order valence-electron chi connectivity index (χ4n) is 3.48. The van der Waals surface area contributed by atoms with E-state index in [1.54, 1.807) is 0 Å². The topological polar surface area (TPSA) is 43.8 Å². The van der Waals surface area contributed by atoms with Crippen LogP contribution in [-0.4, -0.2) is 53.1 Å². The first kappa shape index (κ1) is 15.0. The molecule has 0 aromatic carbocycles. The number of aliphatic hydroxyl groups excluding tert-OH is 1. The Kier molecular flexibility index (Phi) is 4.62. The van der Waals surface area contributed by atoms with Gasteiger partial charge in [0.2, 0.25) is 5.91 Å². The first-order chi connectivity index (χ1) is 10.1. The van der Waals surface area contributed by atoms with Gasteiger partial charge in [0, 0.05) is 41.9 Å². The number of thiophene rings is 1. The van der Waals surface area contributed by atoms with E-state index >= 15 is 0 Å². The highest BCUT2D eigenvalue weighted by molar-refractivity contribution is 7.12. The second-order valence-electron chi connectivity index (χ2n) is 6.20. The van der Waals surface area contributed by atoms with Gasteiger partial charge in [-0.3, -0.25) is 9.69 Å². The van der Waals surface area contributed by atoms with Crippen LogP contribution in [0.1, 0.15) is 41.5 Å². The summed E-state index contributed by atoms with van der Waals surface area (Å²) in [5, 5.41) is 10.3. The van der Waals surface area contributed by atoms with Crippen LogP contribution in [0.25, 0.3) is 0 Å². The Labute approximate surface area is 130 Å². The van der Waals surface area contributed by atoms with Gasteiger partial charge in [-0.1, -0.05) is 0 Å². The normalized spacial score (nSPS) is 25.0. The summed E-state index contributed by atoms with van der Waals surface area (Å²) in [5.74, 6) is 0.195. The molecule has 3 rings (SSSR count). The lowest BCUT2D eigenvalue weighted by Gasteiger charge is -2.28. The second-order valence-corrected chi connectivity index (χ2v) is 7.52. The SMILES string of the molecule is Cc1ccc(C2CCCN2CC(O)CN2CCCC2=O)s1. The van der Waals surface area contributed by atoms with Crippen LogP contribution in [0, 0.1) is 6.92 Å². The van der Waals surface area contributed by atoms with Crippen molar-refractivity contribution in [2.24, 2.45) is 0 Å². The molecule has 0 bridgehead atoms. The molecule has 2 saturated heterocycles.